The molecule has 2 aromatic rings. The number of nitrogens with zero attached hydrogens (tertiary/aromatic N) is 3. The molecule has 0 aliphatic carbocycles. The molecular formula is C20H27ClN4O. The third kappa shape index (κ3) is 3.51. The highest BCUT2D eigenvalue weighted by molar-refractivity contribution is 6.05. The molecule has 140 valence electrons. The lowest BCUT2D eigenvalue weighted by atomic mass is 9.95. The van der Waals surface area contributed by atoms with Crippen LogP contribution in [0.3, 0.4) is 0 Å². The van der Waals surface area contributed by atoms with Crippen LogP contribution in [-0.4, -0.2) is 35.3 Å². The van der Waals surface area contributed by atoms with Gasteiger partial charge in [0.05, 0.1) is 6.04 Å². The van der Waals surface area contributed by atoms with Crippen LogP contribution in [0.5, 0.6) is 0 Å². The molecule has 1 aromatic heterocycles. The van der Waals surface area contributed by atoms with Gasteiger partial charge in [0.1, 0.15) is 0 Å². The van der Waals surface area contributed by atoms with Crippen LogP contribution < -0.4 is 10.2 Å². The van der Waals surface area contributed by atoms with E-state index in [1.807, 2.05) is 21.8 Å². The van der Waals surface area contributed by atoms with Crippen molar-refractivity contribution >= 4 is 24.0 Å². The first-order valence-corrected chi connectivity index (χ1v) is 9.31. The number of carbonyl (C=O) groups is 1. The normalized spacial score (nSPS) is 19.6. The first-order chi connectivity index (χ1) is 12.1. The highest BCUT2D eigenvalue weighted by Crippen LogP contribution is 2.32. The van der Waals surface area contributed by atoms with Gasteiger partial charge in [-0.2, -0.15) is 5.10 Å². The SMILES string of the molecule is Cc1cc(C)c2c(c1)N(C(=O)c1ccn(C3CCCNC3)n1)CCC2.Cl. The number of halogens is 1. The molecule has 1 atom stereocenters. The summed E-state index contributed by atoms with van der Waals surface area (Å²) in [5.74, 6) is 0.0217. The predicted octanol–water partition coefficient (Wildman–Crippen LogP) is 3.44. The van der Waals surface area contributed by atoms with Crippen LogP contribution in [0.4, 0.5) is 5.69 Å². The maximum absolute atomic E-state index is 13.1. The van der Waals surface area contributed by atoms with E-state index in [4.69, 9.17) is 0 Å². The highest BCUT2D eigenvalue weighted by Gasteiger charge is 2.27. The standard InChI is InChI=1S/C20H26N4O.ClH/c1-14-11-15(2)17-6-4-9-23(19(17)12-14)20(25)18-7-10-24(22-18)16-5-3-8-21-13-16;/h7,10-12,16,21H,3-6,8-9,13H2,1-2H3;1H. The van der Waals surface area contributed by atoms with Gasteiger partial charge in [-0.1, -0.05) is 6.07 Å². The minimum absolute atomic E-state index is 0. The fourth-order valence-corrected chi connectivity index (χ4v) is 4.14. The third-order valence-electron chi connectivity index (χ3n) is 5.41. The van der Waals surface area contributed by atoms with Gasteiger partial charge >= 0.3 is 0 Å². The number of nitrogens with one attached hydrogen (secondary N) is 1. The topological polar surface area (TPSA) is 50.2 Å². The number of rotatable bonds is 2. The molecule has 3 heterocycles. The number of amides is 1. The average Bonchev–Trinajstić information content (AvgIpc) is 3.11. The van der Waals surface area contributed by atoms with Gasteiger partial charge < -0.3 is 10.2 Å². The van der Waals surface area contributed by atoms with Crippen LogP contribution in [-0.2, 0) is 6.42 Å². The van der Waals surface area contributed by atoms with E-state index in [2.05, 4.69) is 36.4 Å². The van der Waals surface area contributed by atoms with Gasteiger partial charge in [0.25, 0.3) is 5.91 Å². The van der Waals surface area contributed by atoms with Crippen molar-refractivity contribution in [3.05, 3.63) is 46.8 Å². The van der Waals surface area contributed by atoms with Crippen molar-refractivity contribution in [1.29, 1.82) is 0 Å². The summed E-state index contributed by atoms with van der Waals surface area (Å²) in [4.78, 5) is 15.0. The van der Waals surface area contributed by atoms with E-state index in [0.29, 0.717) is 11.7 Å². The number of fused-ring (bicyclic) bond motifs is 1. The molecule has 6 heteroatoms. The maximum Gasteiger partial charge on any atom is 0.278 e. The molecule has 2 aliphatic rings. The highest BCUT2D eigenvalue weighted by atomic mass is 35.5. The largest absolute Gasteiger partial charge is 0.315 e. The van der Waals surface area contributed by atoms with Crippen molar-refractivity contribution in [2.75, 3.05) is 24.5 Å². The Morgan fingerprint density at radius 1 is 1.27 bits per heavy atom. The second kappa shape index (κ2) is 7.80. The predicted molar refractivity (Wildman–Crippen MR) is 107 cm³/mol. The molecule has 0 saturated carbocycles. The smallest absolute Gasteiger partial charge is 0.278 e. The molecule has 2 aliphatic heterocycles. The van der Waals surface area contributed by atoms with Crippen LogP contribution in [0.15, 0.2) is 24.4 Å². The van der Waals surface area contributed by atoms with E-state index < -0.39 is 0 Å². The summed E-state index contributed by atoms with van der Waals surface area (Å²) in [5, 5.41) is 8.02. The summed E-state index contributed by atoms with van der Waals surface area (Å²) in [6.07, 6.45) is 6.29. The van der Waals surface area contributed by atoms with Crippen LogP contribution in [0, 0.1) is 13.8 Å². The number of hydrogen-bond acceptors (Lipinski definition) is 3. The zero-order valence-electron chi connectivity index (χ0n) is 15.5. The molecule has 1 unspecified atom stereocenters. The first-order valence-electron chi connectivity index (χ1n) is 9.31. The Kier molecular flexibility index (Phi) is 5.68. The minimum atomic E-state index is 0. The Balaban J connectivity index is 0.00000196. The first kappa shape index (κ1) is 18.9. The Bertz CT molecular complexity index is 795. The summed E-state index contributed by atoms with van der Waals surface area (Å²) in [7, 11) is 0. The van der Waals surface area contributed by atoms with Crippen molar-refractivity contribution in [3.8, 4) is 0 Å². The fourth-order valence-electron chi connectivity index (χ4n) is 4.14. The molecule has 1 saturated heterocycles. The van der Waals surface area contributed by atoms with Crippen molar-refractivity contribution in [3.63, 3.8) is 0 Å². The van der Waals surface area contributed by atoms with Gasteiger partial charge in [0, 0.05) is 25.0 Å². The summed E-state index contributed by atoms with van der Waals surface area (Å²) >= 11 is 0. The lowest BCUT2D eigenvalue weighted by Gasteiger charge is -2.30. The number of carbonyl (C=O) groups excluding carboxylic acids is 1. The van der Waals surface area contributed by atoms with Crippen LogP contribution >= 0.6 is 12.4 Å². The van der Waals surface area contributed by atoms with E-state index >= 15 is 0 Å². The zero-order valence-corrected chi connectivity index (χ0v) is 16.3. The summed E-state index contributed by atoms with van der Waals surface area (Å²) in [6.45, 7) is 7.01. The van der Waals surface area contributed by atoms with Crippen LogP contribution in [0.2, 0.25) is 0 Å². The third-order valence-corrected chi connectivity index (χ3v) is 5.41. The fraction of sp³-hybridized carbons (Fsp3) is 0.500. The Morgan fingerprint density at radius 2 is 2.12 bits per heavy atom. The Hall–Kier alpha value is -1.85. The second-order valence-electron chi connectivity index (χ2n) is 7.32. The lowest BCUT2D eigenvalue weighted by Crippen LogP contribution is -2.36. The molecule has 0 radical (unpaired) electrons. The zero-order chi connectivity index (χ0) is 17.4. The van der Waals surface area contributed by atoms with E-state index in [9.17, 15) is 4.79 Å². The van der Waals surface area contributed by atoms with Gasteiger partial charge in [-0.25, -0.2) is 0 Å². The van der Waals surface area contributed by atoms with Gasteiger partial charge in [-0.05, 0) is 74.9 Å². The van der Waals surface area contributed by atoms with Crippen molar-refractivity contribution in [1.82, 2.24) is 15.1 Å². The van der Waals surface area contributed by atoms with Gasteiger partial charge in [0.15, 0.2) is 5.69 Å². The number of aromatic nitrogens is 2. The molecule has 26 heavy (non-hydrogen) atoms. The number of benzene rings is 1. The van der Waals surface area contributed by atoms with E-state index in [-0.39, 0.29) is 18.3 Å². The second-order valence-corrected chi connectivity index (χ2v) is 7.32. The maximum atomic E-state index is 13.1. The molecule has 1 fully saturated rings. The summed E-state index contributed by atoms with van der Waals surface area (Å²) < 4.78 is 1.96. The van der Waals surface area contributed by atoms with E-state index in [0.717, 1.165) is 51.0 Å². The lowest BCUT2D eigenvalue weighted by molar-refractivity contribution is 0.0979. The molecule has 1 N–H and O–H groups in total. The van der Waals surface area contributed by atoms with Gasteiger partial charge in [-0.3, -0.25) is 9.48 Å². The van der Waals surface area contributed by atoms with E-state index in [1.165, 1.54) is 16.7 Å². The van der Waals surface area contributed by atoms with Crippen LogP contribution in [0.1, 0.15) is 52.5 Å². The number of hydrogen-bond donors (Lipinski definition) is 1. The van der Waals surface area contributed by atoms with E-state index in [1.54, 1.807) is 0 Å². The summed E-state index contributed by atoms with van der Waals surface area (Å²) in [5.41, 5.74) is 5.42. The van der Waals surface area contributed by atoms with Crippen LogP contribution in [0.25, 0.3) is 0 Å². The number of piperidine rings is 1. The summed E-state index contributed by atoms with van der Waals surface area (Å²) in [6, 6.07) is 6.57. The van der Waals surface area contributed by atoms with Gasteiger partial charge in [0.2, 0.25) is 0 Å². The Morgan fingerprint density at radius 3 is 2.88 bits per heavy atom. The number of anilines is 1. The van der Waals surface area contributed by atoms with Crippen molar-refractivity contribution in [2.24, 2.45) is 0 Å². The quantitative estimate of drug-likeness (QED) is 0.876. The molecule has 4 rings (SSSR count). The molecule has 0 spiro atoms. The molecule has 0 bridgehead atoms. The molecule has 1 aromatic carbocycles. The van der Waals surface area contributed by atoms with Crippen molar-refractivity contribution < 1.29 is 4.79 Å². The average molecular weight is 375 g/mol. The van der Waals surface area contributed by atoms with Gasteiger partial charge in [-0.15, -0.1) is 12.4 Å². The van der Waals surface area contributed by atoms with Crippen molar-refractivity contribution in [2.45, 2.75) is 45.6 Å². The molecule has 1 amide bonds. The monoisotopic (exact) mass is 374 g/mol. The number of aryl methyl sites for hydroxylation is 2. The molecular weight excluding hydrogens is 348 g/mol. The Labute approximate surface area is 161 Å². The molecule has 5 nitrogen and oxygen atoms in total. The minimum Gasteiger partial charge on any atom is -0.315 e.